The second-order valence-electron chi connectivity index (χ2n) is 8.57. The summed E-state index contributed by atoms with van der Waals surface area (Å²) in [6.07, 6.45) is 5.65. The first-order valence-corrected chi connectivity index (χ1v) is 12.0. The monoisotopic (exact) mass is 408 g/mol. The molecule has 1 aliphatic carbocycles. The van der Waals surface area contributed by atoms with Crippen LogP contribution in [0.5, 0.6) is 0 Å². The van der Waals surface area contributed by atoms with Gasteiger partial charge in [-0.3, -0.25) is 4.79 Å². The number of benzene rings is 2. The lowest BCUT2D eigenvalue weighted by Gasteiger charge is -2.35. The van der Waals surface area contributed by atoms with Gasteiger partial charge in [0.1, 0.15) is 0 Å². The van der Waals surface area contributed by atoms with Crippen molar-refractivity contribution in [3.8, 4) is 0 Å². The average molecular weight is 409 g/mol. The van der Waals surface area contributed by atoms with Crippen molar-refractivity contribution >= 4 is 29.0 Å². The van der Waals surface area contributed by atoms with Crippen molar-refractivity contribution in [1.82, 2.24) is 0 Å². The van der Waals surface area contributed by atoms with Gasteiger partial charge in [0.15, 0.2) is 0 Å². The van der Waals surface area contributed by atoms with E-state index in [-0.39, 0.29) is 5.91 Å². The zero-order valence-electron chi connectivity index (χ0n) is 17.6. The van der Waals surface area contributed by atoms with Crippen molar-refractivity contribution in [3.05, 3.63) is 59.2 Å². The number of hydrogen-bond acceptors (Lipinski definition) is 3. The van der Waals surface area contributed by atoms with E-state index in [0.717, 1.165) is 35.7 Å². The van der Waals surface area contributed by atoms with Gasteiger partial charge in [-0.25, -0.2) is 0 Å². The Hall–Kier alpha value is -1.94. The first-order chi connectivity index (χ1) is 14.1. The number of carbonyl (C=O) groups is 1. The molecule has 0 radical (unpaired) electrons. The minimum Gasteiger partial charge on any atom is -0.369 e. The number of nitrogens with one attached hydrogen (secondary N) is 1. The molecule has 2 aromatic rings. The van der Waals surface area contributed by atoms with Crippen LogP contribution in [0.3, 0.4) is 0 Å². The highest BCUT2D eigenvalue weighted by Crippen LogP contribution is 2.37. The van der Waals surface area contributed by atoms with Crippen LogP contribution in [0.2, 0.25) is 0 Å². The van der Waals surface area contributed by atoms with Gasteiger partial charge >= 0.3 is 0 Å². The van der Waals surface area contributed by atoms with Crippen LogP contribution in [-0.2, 0) is 4.79 Å². The highest BCUT2D eigenvalue weighted by molar-refractivity contribution is 7.99. The lowest BCUT2D eigenvalue weighted by Crippen LogP contribution is -2.34. The summed E-state index contributed by atoms with van der Waals surface area (Å²) in [6, 6.07) is 15.3. The number of thioether (sulfide) groups is 1. The third-order valence-electron chi connectivity index (χ3n) is 6.33. The molecule has 1 saturated carbocycles. The Bertz CT molecular complexity index is 822. The van der Waals surface area contributed by atoms with Crippen LogP contribution in [0.4, 0.5) is 11.4 Å². The molecule has 4 heteroatoms. The van der Waals surface area contributed by atoms with Gasteiger partial charge in [-0.05, 0) is 61.4 Å². The van der Waals surface area contributed by atoms with E-state index in [9.17, 15) is 4.79 Å². The molecule has 1 atom stereocenters. The number of rotatable bonds is 5. The molecule has 1 aliphatic heterocycles. The molecule has 4 rings (SSSR count). The molecule has 0 bridgehead atoms. The van der Waals surface area contributed by atoms with E-state index in [1.807, 2.05) is 0 Å². The van der Waals surface area contributed by atoms with Crippen LogP contribution < -0.4 is 10.2 Å². The summed E-state index contributed by atoms with van der Waals surface area (Å²) in [6.45, 7) is 6.34. The summed E-state index contributed by atoms with van der Waals surface area (Å²) in [4.78, 5) is 15.0. The molecule has 1 heterocycles. The fraction of sp³-hybridized carbons (Fsp3) is 0.480. The fourth-order valence-electron chi connectivity index (χ4n) is 4.74. The molecule has 2 fully saturated rings. The largest absolute Gasteiger partial charge is 0.369 e. The Morgan fingerprint density at radius 2 is 1.79 bits per heavy atom. The Labute approximate surface area is 179 Å². The van der Waals surface area contributed by atoms with E-state index >= 15 is 0 Å². The molecule has 2 aliphatic rings. The van der Waals surface area contributed by atoms with Gasteiger partial charge in [0, 0.05) is 41.9 Å². The smallest absolute Gasteiger partial charge is 0.224 e. The predicted octanol–water partition coefficient (Wildman–Crippen LogP) is 6.12. The van der Waals surface area contributed by atoms with Crippen molar-refractivity contribution in [2.45, 2.75) is 51.2 Å². The molecule has 1 amide bonds. The Morgan fingerprint density at radius 3 is 2.48 bits per heavy atom. The zero-order valence-corrected chi connectivity index (χ0v) is 18.4. The number of carbonyl (C=O) groups excluding carboxylic acids is 1. The van der Waals surface area contributed by atoms with E-state index in [2.05, 4.69) is 78.3 Å². The summed E-state index contributed by atoms with van der Waals surface area (Å²) >= 11 is 2.05. The first-order valence-electron chi connectivity index (χ1n) is 10.9. The number of amides is 1. The third kappa shape index (κ3) is 4.98. The van der Waals surface area contributed by atoms with Crippen LogP contribution >= 0.6 is 11.8 Å². The van der Waals surface area contributed by atoms with Gasteiger partial charge in [0.25, 0.3) is 0 Å². The fourth-order valence-corrected chi connectivity index (χ4v) is 5.99. The SMILES string of the molecule is Cc1cc(N2CCSC(c3ccccc3)C2)cc(C)c1NC(=O)CC1CCCC1. The Balaban J connectivity index is 1.45. The van der Waals surface area contributed by atoms with Gasteiger partial charge in [-0.1, -0.05) is 43.2 Å². The minimum atomic E-state index is 0.175. The van der Waals surface area contributed by atoms with Crippen molar-refractivity contribution in [2.75, 3.05) is 29.1 Å². The maximum absolute atomic E-state index is 12.5. The highest BCUT2D eigenvalue weighted by Gasteiger charge is 2.23. The van der Waals surface area contributed by atoms with Crippen LogP contribution in [0, 0.1) is 19.8 Å². The quantitative estimate of drug-likeness (QED) is 0.647. The molecular formula is C25H32N2OS. The van der Waals surface area contributed by atoms with Crippen molar-refractivity contribution in [2.24, 2.45) is 5.92 Å². The first kappa shape index (κ1) is 20.3. The van der Waals surface area contributed by atoms with Gasteiger partial charge in [-0.2, -0.15) is 11.8 Å². The summed E-state index contributed by atoms with van der Waals surface area (Å²) in [7, 11) is 0. The minimum absolute atomic E-state index is 0.175. The van der Waals surface area contributed by atoms with E-state index < -0.39 is 0 Å². The topological polar surface area (TPSA) is 32.3 Å². The highest BCUT2D eigenvalue weighted by atomic mass is 32.2. The molecule has 1 unspecified atom stereocenters. The van der Waals surface area contributed by atoms with Gasteiger partial charge in [-0.15, -0.1) is 0 Å². The second kappa shape index (κ2) is 9.25. The maximum atomic E-state index is 12.5. The predicted molar refractivity (Wildman–Crippen MR) is 125 cm³/mol. The van der Waals surface area contributed by atoms with Crippen LogP contribution in [-0.4, -0.2) is 24.7 Å². The third-order valence-corrected chi connectivity index (χ3v) is 7.58. The molecule has 1 saturated heterocycles. The van der Waals surface area contributed by atoms with Crippen LogP contribution in [0.15, 0.2) is 42.5 Å². The zero-order chi connectivity index (χ0) is 20.2. The van der Waals surface area contributed by atoms with Gasteiger partial charge in [0.05, 0.1) is 0 Å². The molecule has 0 aromatic heterocycles. The number of anilines is 2. The summed E-state index contributed by atoms with van der Waals surface area (Å²) in [5.41, 5.74) is 6.01. The lowest BCUT2D eigenvalue weighted by molar-refractivity contribution is -0.117. The molecule has 2 aromatic carbocycles. The van der Waals surface area contributed by atoms with E-state index in [1.54, 1.807) is 0 Å². The Morgan fingerprint density at radius 1 is 1.10 bits per heavy atom. The lowest BCUT2D eigenvalue weighted by atomic mass is 10.0. The van der Waals surface area contributed by atoms with Gasteiger partial charge in [0.2, 0.25) is 5.91 Å². The van der Waals surface area contributed by atoms with Crippen molar-refractivity contribution in [3.63, 3.8) is 0 Å². The van der Waals surface area contributed by atoms with E-state index in [0.29, 0.717) is 17.6 Å². The number of aryl methyl sites for hydroxylation is 2. The van der Waals surface area contributed by atoms with E-state index in [4.69, 9.17) is 0 Å². The summed E-state index contributed by atoms with van der Waals surface area (Å²) in [5, 5.41) is 3.72. The average Bonchev–Trinajstić information content (AvgIpc) is 3.24. The second-order valence-corrected chi connectivity index (χ2v) is 9.88. The number of hydrogen-bond donors (Lipinski definition) is 1. The van der Waals surface area contributed by atoms with E-state index in [1.165, 1.54) is 36.9 Å². The molecule has 3 nitrogen and oxygen atoms in total. The van der Waals surface area contributed by atoms with Crippen molar-refractivity contribution < 1.29 is 4.79 Å². The van der Waals surface area contributed by atoms with Crippen LogP contribution in [0.25, 0.3) is 0 Å². The summed E-state index contributed by atoms with van der Waals surface area (Å²) < 4.78 is 0. The Kier molecular flexibility index (Phi) is 6.49. The van der Waals surface area contributed by atoms with Gasteiger partial charge < -0.3 is 10.2 Å². The maximum Gasteiger partial charge on any atom is 0.224 e. The normalized spacial score (nSPS) is 20.1. The number of nitrogens with zero attached hydrogens (tertiary/aromatic N) is 1. The molecule has 154 valence electrons. The summed E-state index contributed by atoms with van der Waals surface area (Å²) in [5.74, 6) is 1.89. The van der Waals surface area contributed by atoms with Crippen molar-refractivity contribution in [1.29, 1.82) is 0 Å². The molecule has 0 spiro atoms. The molecule has 1 N–H and O–H groups in total. The molecular weight excluding hydrogens is 376 g/mol. The standard InChI is InChI=1S/C25H32N2OS/c1-18-14-22(27-12-13-29-23(17-27)21-10-4-3-5-11-21)15-19(2)25(18)26-24(28)16-20-8-6-7-9-20/h3-5,10-11,14-15,20,23H,6-9,12-13,16-17H2,1-2H3,(H,26,28). The van der Waals surface area contributed by atoms with Crippen LogP contribution in [0.1, 0.15) is 54.0 Å². The molecule has 29 heavy (non-hydrogen) atoms.